The Labute approximate surface area is 124 Å². The van der Waals surface area contributed by atoms with Crippen molar-refractivity contribution in [3.05, 3.63) is 59.2 Å². The Morgan fingerprint density at radius 1 is 1.19 bits per heavy atom. The summed E-state index contributed by atoms with van der Waals surface area (Å²) in [6, 6.07) is 14.1. The van der Waals surface area contributed by atoms with Crippen LogP contribution in [0.25, 0.3) is 0 Å². The van der Waals surface area contributed by atoms with Gasteiger partial charge in [-0.05, 0) is 25.6 Å². The van der Waals surface area contributed by atoms with Crippen LogP contribution in [-0.2, 0) is 5.60 Å². The van der Waals surface area contributed by atoms with Gasteiger partial charge in [-0.15, -0.1) is 0 Å². The largest absolute Gasteiger partial charge is 0.456 e. The first-order valence-electron chi connectivity index (χ1n) is 7.37. The molecule has 0 amide bonds. The normalized spacial score (nSPS) is 27.3. The smallest absolute Gasteiger partial charge is 0.136 e. The average Bonchev–Trinajstić information content (AvgIpc) is 2.72. The highest BCUT2D eigenvalue weighted by atomic mass is 16.5. The first-order chi connectivity index (χ1) is 10.1. The van der Waals surface area contributed by atoms with Gasteiger partial charge < -0.3 is 14.7 Å². The van der Waals surface area contributed by atoms with Crippen LogP contribution in [0.2, 0.25) is 0 Å². The highest BCUT2D eigenvalue weighted by Crippen LogP contribution is 2.52. The number of aliphatic hydroxyl groups is 1. The van der Waals surface area contributed by atoms with Crippen LogP contribution >= 0.6 is 0 Å². The first kappa shape index (κ1) is 12.9. The van der Waals surface area contributed by atoms with Crippen LogP contribution < -0.4 is 4.74 Å². The predicted octanol–water partition coefficient (Wildman–Crippen LogP) is 3.02. The minimum Gasteiger partial charge on any atom is -0.456 e. The highest BCUT2D eigenvalue weighted by molar-refractivity contribution is 5.54. The van der Waals surface area contributed by atoms with E-state index in [2.05, 4.69) is 18.0 Å². The molecule has 21 heavy (non-hydrogen) atoms. The molecule has 1 saturated heterocycles. The number of ether oxygens (including phenoxy) is 1. The van der Waals surface area contributed by atoms with E-state index in [9.17, 15) is 5.11 Å². The van der Waals surface area contributed by atoms with Crippen molar-refractivity contribution in [2.24, 2.45) is 0 Å². The molecule has 3 heteroatoms. The van der Waals surface area contributed by atoms with Gasteiger partial charge >= 0.3 is 0 Å². The molecule has 0 bridgehead atoms. The fraction of sp³-hybridized carbons (Fsp3) is 0.333. The van der Waals surface area contributed by atoms with E-state index >= 15 is 0 Å². The Morgan fingerprint density at radius 2 is 2.00 bits per heavy atom. The molecule has 2 aliphatic rings. The zero-order valence-electron chi connectivity index (χ0n) is 12.3. The minimum absolute atomic E-state index is 0.0433. The van der Waals surface area contributed by atoms with E-state index in [4.69, 9.17) is 4.74 Å². The number of aryl methyl sites for hydroxylation is 1. The van der Waals surface area contributed by atoms with E-state index in [1.165, 1.54) is 0 Å². The van der Waals surface area contributed by atoms with Crippen LogP contribution in [0.4, 0.5) is 0 Å². The van der Waals surface area contributed by atoms with Gasteiger partial charge in [0.15, 0.2) is 0 Å². The fourth-order valence-electron chi connectivity index (χ4n) is 3.78. The third-order valence-electron chi connectivity index (χ3n) is 4.77. The molecular formula is C18H19NO2. The number of para-hydroxylation sites is 2. The second-order valence-corrected chi connectivity index (χ2v) is 6.27. The van der Waals surface area contributed by atoms with Crippen molar-refractivity contribution < 1.29 is 9.84 Å². The molecule has 3 nitrogen and oxygen atoms in total. The Balaban J connectivity index is 2.03. The van der Waals surface area contributed by atoms with Gasteiger partial charge in [-0.2, -0.15) is 0 Å². The maximum absolute atomic E-state index is 11.5. The number of nitrogens with zero attached hydrogens (tertiary/aromatic N) is 1. The summed E-state index contributed by atoms with van der Waals surface area (Å²) in [6.45, 7) is 3.50. The molecule has 4 rings (SSSR count). The molecule has 1 fully saturated rings. The van der Waals surface area contributed by atoms with Gasteiger partial charge in [0.05, 0.1) is 0 Å². The van der Waals surface area contributed by atoms with E-state index in [0.29, 0.717) is 6.54 Å². The van der Waals surface area contributed by atoms with Crippen LogP contribution in [0.5, 0.6) is 11.5 Å². The van der Waals surface area contributed by atoms with Crippen molar-refractivity contribution in [2.45, 2.75) is 18.4 Å². The number of β-amino-alcohol motifs (C(OH)–C–C–N with tert-alkyl or cyclic N) is 1. The lowest BCUT2D eigenvalue weighted by molar-refractivity contribution is 0.0336. The molecular weight excluding hydrogens is 262 g/mol. The van der Waals surface area contributed by atoms with Crippen molar-refractivity contribution in [1.29, 1.82) is 0 Å². The van der Waals surface area contributed by atoms with Gasteiger partial charge in [-0.25, -0.2) is 0 Å². The van der Waals surface area contributed by atoms with Gasteiger partial charge in [0.1, 0.15) is 17.1 Å². The summed E-state index contributed by atoms with van der Waals surface area (Å²) in [5.41, 5.74) is 2.18. The Hall–Kier alpha value is -1.84. The lowest BCUT2D eigenvalue weighted by atomic mass is 9.79. The number of rotatable bonds is 0. The number of likely N-dealkylation sites (tertiary alicyclic amines) is 1. The number of benzene rings is 2. The number of fused-ring (bicyclic) bond motifs is 5. The summed E-state index contributed by atoms with van der Waals surface area (Å²) in [4.78, 5) is 2.19. The van der Waals surface area contributed by atoms with Crippen LogP contribution in [0.1, 0.15) is 22.6 Å². The van der Waals surface area contributed by atoms with Crippen LogP contribution in [0.15, 0.2) is 42.5 Å². The molecule has 1 N–H and O–H groups in total. The molecule has 0 aromatic heterocycles. The maximum atomic E-state index is 11.5. The number of hydrogen-bond donors (Lipinski definition) is 1. The van der Waals surface area contributed by atoms with Crippen LogP contribution in [-0.4, -0.2) is 30.1 Å². The van der Waals surface area contributed by atoms with Crippen molar-refractivity contribution in [2.75, 3.05) is 20.1 Å². The number of likely N-dealkylation sites (N-methyl/N-ethyl adjacent to an activating group) is 1. The Kier molecular flexibility index (Phi) is 2.65. The van der Waals surface area contributed by atoms with Crippen molar-refractivity contribution in [3.8, 4) is 11.5 Å². The molecule has 0 saturated carbocycles. The first-order valence-corrected chi connectivity index (χ1v) is 7.37. The minimum atomic E-state index is -0.886. The molecule has 0 unspecified atom stereocenters. The zero-order chi connectivity index (χ0) is 14.6. The Bertz CT molecular complexity index is 712. The summed E-state index contributed by atoms with van der Waals surface area (Å²) in [5, 5.41) is 11.5. The summed E-state index contributed by atoms with van der Waals surface area (Å²) < 4.78 is 6.19. The van der Waals surface area contributed by atoms with Crippen molar-refractivity contribution >= 4 is 0 Å². The van der Waals surface area contributed by atoms with E-state index in [1.807, 2.05) is 43.3 Å². The lowest BCUT2D eigenvalue weighted by Gasteiger charge is -2.29. The van der Waals surface area contributed by atoms with Gasteiger partial charge in [0.25, 0.3) is 0 Å². The van der Waals surface area contributed by atoms with Crippen molar-refractivity contribution in [3.63, 3.8) is 0 Å². The third-order valence-corrected chi connectivity index (χ3v) is 4.77. The van der Waals surface area contributed by atoms with E-state index < -0.39 is 5.60 Å². The molecule has 2 atom stereocenters. The second-order valence-electron chi connectivity index (χ2n) is 6.27. The molecule has 2 aromatic carbocycles. The zero-order valence-corrected chi connectivity index (χ0v) is 12.3. The average molecular weight is 281 g/mol. The van der Waals surface area contributed by atoms with Gasteiger partial charge in [-0.1, -0.05) is 36.4 Å². The van der Waals surface area contributed by atoms with E-state index in [0.717, 1.165) is 34.7 Å². The van der Waals surface area contributed by atoms with E-state index in [-0.39, 0.29) is 5.92 Å². The molecule has 2 aliphatic heterocycles. The maximum Gasteiger partial charge on any atom is 0.136 e. The Morgan fingerprint density at radius 3 is 2.86 bits per heavy atom. The summed E-state index contributed by atoms with van der Waals surface area (Å²) in [5.74, 6) is 1.72. The molecule has 0 radical (unpaired) electrons. The standard InChI is InChI=1S/C18H19NO2/c1-12-6-5-8-14-17(12)21-16-9-4-3-7-13(16)15-10-19(2)11-18(14,15)20/h3-9,15,20H,10-11H2,1-2H3/t15-,18-/m0/s1. The summed E-state index contributed by atoms with van der Waals surface area (Å²) in [7, 11) is 2.06. The van der Waals surface area contributed by atoms with Gasteiger partial charge in [-0.3, -0.25) is 0 Å². The molecule has 2 heterocycles. The van der Waals surface area contributed by atoms with Crippen LogP contribution in [0, 0.1) is 6.92 Å². The van der Waals surface area contributed by atoms with Crippen molar-refractivity contribution in [1.82, 2.24) is 4.90 Å². The summed E-state index contributed by atoms with van der Waals surface area (Å²) in [6.07, 6.45) is 0. The number of hydrogen-bond acceptors (Lipinski definition) is 3. The highest BCUT2D eigenvalue weighted by Gasteiger charge is 2.50. The predicted molar refractivity (Wildman–Crippen MR) is 81.8 cm³/mol. The molecule has 0 spiro atoms. The van der Waals surface area contributed by atoms with Crippen LogP contribution in [0.3, 0.4) is 0 Å². The SMILES string of the molecule is Cc1cccc2c1Oc1ccccc1[C@@H]1CN(C)C[C@]21O. The quantitative estimate of drug-likeness (QED) is 0.805. The van der Waals surface area contributed by atoms with Gasteiger partial charge in [0.2, 0.25) is 0 Å². The topological polar surface area (TPSA) is 32.7 Å². The monoisotopic (exact) mass is 281 g/mol. The molecule has 2 aromatic rings. The molecule has 0 aliphatic carbocycles. The van der Waals surface area contributed by atoms with Gasteiger partial charge in [0, 0.05) is 30.1 Å². The lowest BCUT2D eigenvalue weighted by Crippen LogP contribution is -2.33. The molecule has 108 valence electrons. The fourth-order valence-corrected chi connectivity index (χ4v) is 3.78. The second kappa shape index (κ2) is 4.33. The van der Waals surface area contributed by atoms with E-state index in [1.54, 1.807) is 0 Å². The summed E-state index contributed by atoms with van der Waals surface area (Å²) >= 11 is 0. The third kappa shape index (κ3) is 1.74.